The van der Waals surface area contributed by atoms with Gasteiger partial charge < -0.3 is 10.5 Å². The maximum atomic E-state index is 12.3. The van der Waals surface area contributed by atoms with Crippen molar-refractivity contribution in [2.24, 2.45) is 5.73 Å². The highest BCUT2D eigenvalue weighted by molar-refractivity contribution is 7.89. The summed E-state index contributed by atoms with van der Waals surface area (Å²) in [5.41, 5.74) is 5.54. The van der Waals surface area contributed by atoms with Crippen molar-refractivity contribution in [3.63, 3.8) is 0 Å². The minimum absolute atomic E-state index is 0.00315. The van der Waals surface area contributed by atoms with Gasteiger partial charge in [-0.25, -0.2) is 8.42 Å². The fourth-order valence-corrected chi connectivity index (χ4v) is 4.26. The van der Waals surface area contributed by atoms with Crippen molar-refractivity contribution in [1.29, 1.82) is 0 Å². The van der Waals surface area contributed by atoms with Crippen molar-refractivity contribution in [3.05, 3.63) is 0 Å². The van der Waals surface area contributed by atoms with E-state index in [1.54, 1.807) is 4.31 Å². The Balaban J connectivity index is 2.55. The molecule has 6 nitrogen and oxygen atoms in total. The van der Waals surface area contributed by atoms with E-state index in [4.69, 9.17) is 5.73 Å². The number of hydrogen-bond acceptors (Lipinski definition) is 5. The van der Waals surface area contributed by atoms with E-state index in [1.807, 2.05) is 0 Å². The summed E-state index contributed by atoms with van der Waals surface area (Å²) in [7, 11) is -1.98. The molecule has 19 heavy (non-hydrogen) atoms. The van der Waals surface area contributed by atoms with Crippen LogP contribution in [0.5, 0.6) is 0 Å². The maximum Gasteiger partial charge on any atom is 0.305 e. The van der Waals surface area contributed by atoms with Crippen molar-refractivity contribution in [1.82, 2.24) is 4.31 Å². The Morgan fingerprint density at radius 1 is 1.42 bits per heavy atom. The van der Waals surface area contributed by atoms with Gasteiger partial charge in [-0.15, -0.1) is 0 Å². The van der Waals surface area contributed by atoms with Crippen molar-refractivity contribution >= 4 is 16.0 Å². The first kappa shape index (κ1) is 16.4. The summed E-state index contributed by atoms with van der Waals surface area (Å²) >= 11 is 0. The molecule has 7 heteroatoms. The van der Waals surface area contributed by atoms with Gasteiger partial charge in [-0.05, 0) is 32.2 Å². The van der Waals surface area contributed by atoms with Gasteiger partial charge in [0.05, 0.1) is 12.9 Å². The van der Waals surface area contributed by atoms with Crippen LogP contribution in [0.2, 0.25) is 0 Å². The van der Waals surface area contributed by atoms with E-state index in [1.165, 1.54) is 7.11 Å². The summed E-state index contributed by atoms with van der Waals surface area (Å²) in [5.74, 6) is -0.365. The molecule has 1 rings (SSSR count). The SMILES string of the molecule is COC(=O)CCCS(=O)(=O)N1CCCCC1CCN. The second-order valence-corrected chi connectivity index (χ2v) is 6.87. The zero-order chi connectivity index (χ0) is 14.3. The zero-order valence-electron chi connectivity index (χ0n) is 11.5. The molecule has 1 saturated heterocycles. The van der Waals surface area contributed by atoms with Gasteiger partial charge in [-0.2, -0.15) is 4.31 Å². The van der Waals surface area contributed by atoms with Crippen molar-refractivity contribution in [2.45, 2.75) is 44.6 Å². The number of sulfonamides is 1. The summed E-state index contributed by atoms with van der Waals surface area (Å²) in [6.45, 7) is 1.07. The highest BCUT2D eigenvalue weighted by atomic mass is 32.2. The molecular weight excluding hydrogens is 268 g/mol. The molecule has 1 unspecified atom stereocenters. The first-order valence-electron chi connectivity index (χ1n) is 6.77. The van der Waals surface area contributed by atoms with Crippen LogP contribution in [0.3, 0.4) is 0 Å². The molecule has 0 aromatic heterocycles. The average molecular weight is 292 g/mol. The standard InChI is InChI=1S/C12H24N2O4S/c1-18-12(15)6-4-10-19(16,17)14-9-3-2-5-11(14)7-8-13/h11H,2-10,13H2,1H3. The monoisotopic (exact) mass is 292 g/mol. The molecule has 1 atom stereocenters. The van der Waals surface area contributed by atoms with Crippen LogP contribution in [0.25, 0.3) is 0 Å². The lowest BCUT2D eigenvalue weighted by Gasteiger charge is -2.34. The number of nitrogens with zero attached hydrogens (tertiary/aromatic N) is 1. The van der Waals surface area contributed by atoms with Crippen molar-refractivity contribution in [3.8, 4) is 0 Å². The molecule has 0 aliphatic carbocycles. The van der Waals surface area contributed by atoms with Gasteiger partial charge in [0.25, 0.3) is 0 Å². The summed E-state index contributed by atoms with van der Waals surface area (Å²) in [6.07, 6.45) is 3.99. The number of carbonyl (C=O) groups excluding carboxylic acids is 1. The van der Waals surface area contributed by atoms with E-state index in [0.29, 0.717) is 25.9 Å². The minimum Gasteiger partial charge on any atom is -0.469 e. The topological polar surface area (TPSA) is 89.7 Å². The van der Waals surface area contributed by atoms with Gasteiger partial charge >= 0.3 is 5.97 Å². The van der Waals surface area contributed by atoms with Crippen LogP contribution in [-0.4, -0.2) is 50.7 Å². The molecule has 1 heterocycles. The average Bonchev–Trinajstić information content (AvgIpc) is 2.39. The van der Waals surface area contributed by atoms with E-state index >= 15 is 0 Å². The smallest absolute Gasteiger partial charge is 0.305 e. The van der Waals surface area contributed by atoms with Crippen LogP contribution < -0.4 is 5.73 Å². The second-order valence-electron chi connectivity index (χ2n) is 4.83. The fraction of sp³-hybridized carbons (Fsp3) is 0.917. The van der Waals surface area contributed by atoms with Gasteiger partial charge in [0.1, 0.15) is 0 Å². The summed E-state index contributed by atoms with van der Waals surface area (Å²) in [6, 6.07) is 0.0295. The molecule has 0 aromatic rings. The Labute approximate surface area is 115 Å². The van der Waals surface area contributed by atoms with E-state index in [9.17, 15) is 13.2 Å². The highest BCUT2D eigenvalue weighted by Gasteiger charge is 2.31. The number of piperidine rings is 1. The zero-order valence-corrected chi connectivity index (χ0v) is 12.3. The molecule has 0 spiro atoms. The Morgan fingerprint density at radius 2 is 2.16 bits per heavy atom. The third-order valence-corrected chi connectivity index (χ3v) is 5.44. The summed E-state index contributed by atoms with van der Waals surface area (Å²) in [5, 5.41) is 0. The van der Waals surface area contributed by atoms with Gasteiger partial charge in [0.15, 0.2) is 0 Å². The molecule has 2 N–H and O–H groups in total. The van der Waals surface area contributed by atoms with Gasteiger partial charge in [0.2, 0.25) is 10.0 Å². The number of methoxy groups -OCH3 is 1. The molecule has 1 aliphatic heterocycles. The second kappa shape index (κ2) is 7.81. The maximum absolute atomic E-state index is 12.3. The predicted molar refractivity (Wildman–Crippen MR) is 73.1 cm³/mol. The lowest BCUT2D eigenvalue weighted by molar-refractivity contribution is -0.140. The normalized spacial score (nSPS) is 21.3. The largest absolute Gasteiger partial charge is 0.469 e. The number of carbonyl (C=O) groups is 1. The first-order valence-corrected chi connectivity index (χ1v) is 8.38. The number of hydrogen-bond donors (Lipinski definition) is 1. The van der Waals surface area contributed by atoms with E-state index in [-0.39, 0.29) is 24.2 Å². The molecule has 1 aliphatic rings. The molecule has 112 valence electrons. The van der Waals surface area contributed by atoms with Crippen molar-refractivity contribution in [2.75, 3.05) is 26.0 Å². The van der Waals surface area contributed by atoms with Crippen LogP contribution in [-0.2, 0) is 19.6 Å². The third kappa shape index (κ3) is 5.08. The number of esters is 1. The Bertz CT molecular complexity index is 381. The van der Waals surface area contributed by atoms with Gasteiger partial charge in [-0.3, -0.25) is 4.79 Å². The van der Waals surface area contributed by atoms with Crippen LogP contribution >= 0.6 is 0 Å². The van der Waals surface area contributed by atoms with Crippen LogP contribution in [0.15, 0.2) is 0 Å². The van der Waals surface area contributed by atoms with Crippen molar-refractivity contribution < 1.29 is 17.9 Å². The number of rotatable bonds is 7. The summed E-state index contributed by atoms with van der Waals surface area (Å²) in [4.78, 5) is 11.0. The molecule has 1 fully saturated rings. The summed E-state index contributed by atoms with van der Waals surface area (Å²) < 4.78 is 30.6. The molecule has 0 aromatic carbocycles. The number of ether oxygens (including phenoxy) is 1. The molecule has 0 saturated carbocycles. The molecule has 0 amide bonds. The quantitative estimate of drug-likeness (QED) is 0.689. The number of nitrogens with two attached hydrogens (primary N) is 1. The molecule has 0 radical (unpaired) electrons. The first-order chi connectivity index (χ1) is 9.01. The van der Waals surface area contributed by atoms with E-state index in [2.05, 4.69) is 4.74 Å². The van der Waals surface area contributed by atoms with Crippen LogP contribution in [0.1, 0.15) is 38.5 Å². The minimum atomic E-state index is -3.29. The predicted octanol–water partition coefficient (Wildman–Crippen LogP) is 0.473. The Morgan fingerprint density at radius 3 is 2.79 bits per heavy atom. The Kier molecular flexibility index (Phi) is 6.74. The Hall–Kier alpha value is -0.660. The van der Waals surface area contributed by atoms with E-state index in [0.717, 1.165) is 19.3 Å². The van der Waals surface area contributed by atoms with Crippen LogP contribution in [0.4, 0.5) is 0 Å². The van der Waals surface area contributed by atoms with Crippen LogP contribution in [0, 0.1) is 0 Å². The third-order valence-electron chi connectivity index (χ3n) is 3.44. The van der Waals surface area contributed by atoms with Gasteiger partial charge in [0, 0.05) is 19.0 Å². The van der Waals surface area contributed by atoms with E-state index < -0.39 is 10.0 Å². The fourth-order valence-electron chi connectivity index (χ4n) is 2.44. The van der Waals surface area contributed by atoms with Gasteiger partial charge in [-0.1, -0.05) is 6.42 Å². The molecule has 0 bridgehead atoms. The lowest BCUT2D eigenvalue weighted by Crippen LogP contribution is -2.45. The lowest BCUT2D eigenvalue weighted by atomic mass is 10.0. The molecular formula is C12H24N2O4S. The highest BCUT2D eigenvalue weighted by Crippen LogP contribution is 2.23.